The Kier molecular flexibility index (Phi) is 8.60. The van der Waals surface area contributed by atoms with Gasteiger partial charge in [0.25, 0.3) is 5.91 Å². The fourth-order valence-electron chi connectivity index (χ4n) is 3.81. The topological polar surface area (TPSA) is 109 Å². The highest BCUT2D eigenvalue weighted by atomic mass is 35.5. The van der Waals surface area contributed by atoms with Gasteiger partial charge in [-0.05, 0) is 48.9 Å². The molecule has 0 aliphatic heterocycles. The first-order valence-corrected chi connectivity index (χ1v) is 12.7. The van der Waals surface area contributed by atoms with Crippen molar-refractivity contribution in [2.75, 3.05) is 23.0 Å². The molecule has 0 spiro atoms. The third kappa shape index (κ3) is 7.07. The second kappa shape index (κ2) is 11.9. The summed E-state index contributed by atoms with van der Waals surface area (Å²) in [6.45, 7) is 5.77. The van der Waals surface area contributed by atoms with Crippen LogP contribution in [0.25, 0.3) is 5.82 Å². The molecule has 2 heterocycles. The van der Waals surface area contributed by atoms with Gasteiger partial charge in [0, 0.05) is 43.0 Å². The molecule has 0 radical (unpaired) electrons. The number of nitrogens with one attached hydrogen (secondary N) is 4. The van der Waals surface area contributed by atoms with Crippen molar-refractivity contribution in [1.82, 2.24) is 25.1 Å². The van der Waals surface area contributed by atoms with Gasteiger partial charge in [-0.1, -0.05) is 25.4 Å². The number of rotatable bonds is 9. The van der Waals surface area contributed by atoms with Crippen molar-refractivity contribution >= 4 is 40.5 Å². The molecule has 4 rings (SSSR count). The number of hydrogen-bond acceptors (Lipinski definition) is 7. The molecule has 210 valence electrons. The van der Waals surface area contributed by atoms with Crippen LogP contribution in [0.4, 0.5) is 36.2 Å². The first kappa shape index (κ1) is 28.8. The highest BCUT2D eigenvalue weighted by Gasteiger charge is 2.32. The van der Waals surface area contributed by atoms with Gasteiger partial charge in [0.05, 0.1) is 22.0 Å². The zero-order chi connectivity index (χ0) is 29.0. The van der Waals surface area contributed by atoms with Gasteiger partial charge in [-0.25, -0.2) is 9.97 Å². The molecule has 13 heteroatoms. The average molecular weight is 573 g/mol. The van der Waals surface area contributed by atoms with Crippen LogP contribution in [0.5, 0.6) is 0 Å². The second-order valence-electron chi connectivity index (χ2n) is 9.32. The minimum Gasteiger partial charge on any atom is -0.373 e. The summed E-state index contributed by atoms with van der Waals surface area (Å²) in [7, 11) is 1.74. The number of alkyl halides is 3. The normalized spacial score (nSPS) is 11.5. The van der Waals surface area contributed by atoms with Gasteiger partial charge >= 0.3 is 6.18 Å². The maximum absolute atomic E-state index is 13.5. The Hall–Kier alpha value is -4.16. The molecule has 40 heavy (non-hydrogen) atoms. The minimum absolute atomic E-state index is 0.0617. The van der Waals surface area contributed by atoms with Crippen LogP contribution in [0.1, 0.15) is 41.0 Å². The number of nitrogens with zero attached hydrogens (tertiary/aromatic N) is 4. The Labute approximate surface area is 234 Å². The molecular formula is C27H28ClF3N8O. The molecule has 2 aromatic heterocycles. The lowest BCUT2D eigenvalue weighted by molar-refractivity contribution is -0.137. The molecule has 0 aliphatic rings. The number of carbonyl (C=O) groups is 1. The Morgan fingerprint density at radius 2 is 1.85 bits per heavy atom. The summed E-state index contributed by atoms with van der Waals surface area (Å²) in [4.78, 5) is 21.4. The molecule has 2 aromatic carbocycles. The highest BCUT2D eigenvalue weighted by molar-refractivity contribution is 6.33. The van der Waals surface area contributed by atoms with Gasteiger partial charge in [0.1, 0.15) is 18.0 Å². The van der Waals surface area contributed by atoms with Gasteiger partial charge in [-0.3, -0.25) is 4.79 Å². The summed E-state index contributed by atoms with van der Waals surface area (Å²) < 4.78 is 42.2. The first-order chi connectivity index (χ1) is 18.9. The van der Waals surface area contributed by atoms with E-state index in [1.54, 1.807) is 42.1 Å². The summed E-state index contributed by atoms with van der Waals surface area (Å²) in [5.41, 5.74) is 0.821. The zero-order valence-corrected chi connectivity index (χ0v) is 22.9. The number of benzene rings is 2. The number of aromatic nitrogens is 4. The first-order valence-electron chi connectivity index (χ1n) is 12.3. The largest absolute Gasteiger partial charge is 0.416 e. The zero-order valence-electron chi connectivity index (χ0n) is 22.2. The van der Waals surface area contributed by atoms with Crippen LogP contribution in [0.2, 0.25) is 5.02 Å². The maximum Gasteiger partial charge on any atom is 0.416 e. The van der Waals surface area contributed by atoms with E-state index in [1.165, 1.54) is 12.4 Å². The number of anilines is 4. The summed E-state index contributed by atoms with van der Waals surface area (Å²) in [5.74, 6) is 0.961. The summed E-state index contributed by atoms with van der Waals surface area (Å²) >= 11 is 6.43. The Bertz CT molecular complexity index is 1520. The van der Waals surface area contributed by atoms with Crippen molar-refractivity contribution in [3.8, 4) is 5.82 Å². The van der Waals surface area contributed by atoms with Crippen LogP contribution in [-0.2, 0) is 12.7 Å². The number of halogens is 4. The van der Waals surface area contributed by atoms with Crippen molar-refractivity contribution in [2.45, 2.75) is 39.5 Å². The maximum atomic E-state index is 13.5. The lowest BCUT2D eigenvalue weighted by Gasteiger charge is -2.15. The van der Waals surface area contributed by atoms with E-state index in [0.717, 1.165) is 12.1 Å². The van der Waals surface area contributed by atoms with E-state index in [4.69, 9.17) is 11.6 Å². The third-order valence-corrected chi connectivity index (χ3v) is 6.07. The van der Waals surface area contributed by atoms with Crippen molar-refractivity contribution in [1.29, 1.82) is 0 Å². The van der Waals surface area contributed by atoms with Gasteiger partial charge in [-0.2, -0.15) is 23.0 Å². The van der Waals surface area contributed by atoms with Crippen molar-refractivity contribution in [2.24, 2.45) is 0 Å². The fraction of sp³-hybridized carbons (Fsp3) is 0.259. The quantitative estimate of drug-likeness (QED) is 0.190. The second-order valence-corrected chi connectivity index (χ2v) is 9.73. The predicted octanol–water partition coefficient (Wildman–Crippen LogP) is 6.18. The lowest BCUT2D eigenvalue weighted by atomic mass is 10.0. The number of hydrogen-bond donors (Lipinski definition) is 4. The van der Waals surface area contributed by atoms with Gasteiger partial charge in [0.15, 0.2) is 5.82 Å². The standard InChI is InChI=1S/C27H28ClF3N8O/c1-15(2)33-13-17-8-18(10-19(9-17)27(29,30)31)26(40)36-20-5-6-21(28)22(11-20)37-25-7-16(3)38-39(25)24-12-23(32-4)34-14-35-24/h5-12,14-15,33,37H,13H2,1-4H3,(H,36,40)(H,32,34,35). The van der Waals surface area contributed by atoms with E-state index in [9.17, 15) is 18.0 Å². The predicted molar refractivity (Wildman–Crippen MR) is 150 cm³/mol. The van der Waals surface area contributed by atoms with Crippen LogP contribution in [0.3, 0.4) is 0 Å². The van der Waals surface area contributed by atoms with E-state index in [2.05, 4.69) is 36.3 Å². The van der Waals surface area contributed by atoms with Crippen molar-refractivity contribution in [3.05, 3.63) is 82.3 Å². The highest BCUT2D eigenvalue weighted by Crippen LogP contribution is 2.32. The minimum atomic E-state index is -4.60. The van der Waals surface area contributed by atoms with E-state index in [0.29, 0.717) is 45.1 Å². The van der Waals surface area contributed by atoms with Gasteiger partial charge in [0.2, 0.25) is 0 Å². The monoisotopic (exact) mass is 572 g/mol. The molecule has 4 aromatic rings. The van der Waals surface area contributed by atoms with E-state index in [-0.39, 0.29) is 18.2 Å². The van der Waals surface area contributed by atoms with Gasteiger partial charge < -0.3 is 21.3 Å². The van der Waals surface area contributed by atoms with E-state index < -0.39 is 17.6 Å². The van der Waals surface area contributed by atoms with Crippen LogP contribution in [-0.4, -0.2) is 38.7 Å². The molecule has 0 bridgehead atoms. The lowest BCUT2D eigenvalue weighted by Crippen LogP contribution is -2.23. The summed E-state index contributed by atoms with van der Waals surface area (Å²) in [6, 6.07) is 11.6. The molecule has 0 fully saturated rings. The number of amides is 1. The van der Waals surface area contributed by atoms with Crippen molar-refractivity contribution < 1.29 is 18.0 Å². The molecule has 0 saturated carbocycles. The van der Waals surface area contributed by atoms with Crippen LogP contribution in [0.15, 0.2) is 54.9 Å². The molecule has 0 aliphatic carbocycles. The summed E-state index contributed by atoms with van der Waals surface area (Å²) in [6.07, 6.45) is -3.19. The third-order valence-electron chi connectivity index (χ3n) is 5.74. The molecule has 0 atom stereocenters. The molecule has 0 unspecified atom stereocenters. The Balaban J connectivity index is 1.60. The molecular weight excluding hydrogens is 545 g/mol. The Morgan fingerprint density at radius 3 is 2.55 bits per heavy atom. The average Bonchev–Trinajstić information content (AvgIpc) is 3.28. The van der Waals surface area contributed by atoms with Crippen LogP contribution < -0.4 is 21.3 Å². The van der Waals surface area contributed by atoms with E-state index in [1.807, 2.05) is 20.8 Å². The van der Waals surface area contributed by atoms with Crippen LogP contribution in [0, 0.1) is 6.92 Å². The number of aryl methyl sites for hydroxylation is 1. The molecule has 0 saturated heterocycles. The molecule has 9 nitrogen and oxygen atoms in total. The summed E-state index contributed by atoms with van der Waals surface area (Å²) in [5, 5.41) is 16.7. The van der Waals surface area contributed by atoms with Crippen LogP contribution >= 0.6 is 11.6 Å². The molecule has 4 N–H and O–H groups in total. The van der Waals surface area contributed by atoms with Gasteiger partial charge in [-0.15, -0.1) is 0 Å². The number of carbonyl (C=O) groups excluding carboxylic acids is 1. The fourth-order valence-corrected chi connectivity index (χ4v) is 3.98. The molecule has 1 amide bonds. The smallest absolute Gasteiger partial charge is 0.373 e. The Morgan fingerprint density at radius 1 is 1.07 bits per heavy atom. The van der Waals surface area contributed by atoms with Crippen molar-refractivity contribution in [3.63, 3.8) is 0 Å². The van der Waals surface area contributed by atoms with E-state index >= 15 is 0 Å². The SMILES string of the molecule is CNc1cc(-n2nc(C)cc2Nc2cc(NC(=O)c3cc(CNC(C)C)cc(C(F)(F)F)c3)ccc2Cl)ncn1.